The topological polar surface area (TPSA) is 127 Å². The Balaban J connectivity index is 1.41. The Labute approximate surface area is 189 Å². The van der Waals surface area contributed by atoms with Crippen molar-refractivity contribution in [3.63, 3.8) is 0 Å². The predicted octanol–water partition coefficient (Wildman–Crippen LogP) is 2.88. The molecule has 3 aromatic rings. The SMILES string of the molecule is CCOC(=O)c1ccc(NC(=O)CN2N=C(c3nc(-c4ccccc4)no3)CCC2=O)cc1. The Bertz CT molecular complexity index is 1190. The van der Waals surface area contributed by atoms with Gasteiger partial charge in [-0.3, -0.25) is 9.59 Å². The summed E-state index contributed by atoms with van der Waals surface area (Å²) in [4.78, 5) is 40.8. The van der Waals surface area contributed by atoms with E-state index >= 15 is 0 Å². The number of benzene rings is 2. The summed E-state index contributed by atoms with van der Waals surface area (Å²) < 4.78 is 10.3. The van der Waals surface area contributed by atoms with Crippen LogP contribution >= 0.6 is 0 Å². The van der Waals surface area contributed by atoms with Crippen LogP contribution in [0.3, 0.4) is 0 Å². The summed E-state index contributed by atoms with van der Waals surface area (Å²) in [7, 11) is 0. The van der Waals surface area contributed by atoms with Crippen LogP contribution in [-0.2, 0) is 14.3 Å². The highest BCUT2D eigenvalue weighted by Gasteiger charge is 2.26. The van der Waals surface area contributed by atoms with Gasteiger partial charge in [0.05, 0.1) is 12.2 Å². The molecule has 1 N–H and O–H groups in total. The van der Waals surface area contributed by atoms with E-state index in [1.54, 1.807) is 31.2 Å². The van der Waals surface area contributed by atoms with Crippen molar-refractivity contribution in [1.29, 1.82) is 0 Å². The molecule has 0 fully saturated rings. The van der Waals surface area contributed by atoms with Crippen LogP contribution in [0.25, 0.3) is 11.4 Å². The number of esters is 1. The Hall–Kier alpha value is -4.34. The van der Waals surface area contributed by atoms with Crippen molar-refractivity contribution in [2.75, 3.05) is 18.5 Å². The van der Waals surface area contributed by atoms with Gasteiger partial charge in [0.15, 0.2) is 0 Å². The number of carbonyl (C=O) groups is 3. The molecule has 0 unspecified atom stereocenters. The zero-order valence-electron chi connectivity index (χ0n) is 17.9. The highest BCUT2D eigenvalue weighted by Crippen LogP contribution is 2.19. The number of amides is 2. The maximum atomic E-state index is 12.5. The number of nitrogens with one attached hydrogen (secondary N) is 1. The van der Waals surface area contributed by atoms with Crippen molar-refractivity contribution < 1.29 is 23.6 Å². The van der Waals surface area contributed by atoms with Gasteiger partial charge in [-0.05, 0) is 31.2 Å². The Kier molecular flexibility index (Phi) is 6.53. The number of rotatable bonds is 7. The maximum absolute atomic E-state index is 12.5. The Morgan fingerprint density at radius 1 is 1.09 bits per heavy atom. The summed E-state index contributed by atoms with van der Waals surface area (Å²) in [6, 6.07) is 15.6. The van der Waals surface area contributed by atoms with Crippen LogP contribution in [0.1, 0.15) is 36.0 Å². The van der Waals surface area contributed by atoms with Gasteiger partial charge in [0.25, 0.3) is 5.89 Å². The lowest BCUT2D eigenvalue weighted by molar-refractivity contribution is -0.135. The molecule has 0 saturated carbocycles. The smallest absolute Gasteiger partial charge is 0.338 e. The van der Waals surface area contributed by atoms with Crippen molar-refractivity contribution in [2.45, 2.75) is 19.8 Å². The van der Waals surface area contributed by atoms with Gasteiger partial charge < -0.3 is 14.6 Å². The zero-order valence-corrected chi connectivity index (χ0v) is 17.9. The van der Waals surface area contributed by atoms with Crippen LogP contribution < -0.4 is 5.32 Å². The van der Waals surface area contributed by atoms with Crippen LogP contribution in [0, 0.1) is 0 Å². The number of carbonyl (C=O) groups excluding carboxylic acids is 3. The third kappa shape index (κ3) is 5.29. The number of hydrazone groups is 1. The van der Waals surface area contributed by atoms with Crippen LogP contribution in [0.15, 0.2) is 64.2 Å². The molecule has 0 bridgehead atoms. The minimum Gasteiger partial charge on any atom is -0.462 e. The average Bonchev–Trinajstić information content (AvgIpc) is 3.32. The highest BCUT2D eigenvalue weighted by atomic mass is 16.5. The van der Waals surface area contributed by atoms with E-state index in [-0.39, 0.29) is 31.4 Å². The van der Waals surface area contributed by atoms with Gasteiger partial charge in [-0.15, -0.1) is 0 Å². The normalized spacial score (nSPS) is 13.4. The lowest BCUT2D eigenvalue weighted by Crippen LogP contribution is -2.38. The van der Waals surface area contributed by atoms with E-state index in [1.807, 2.05) is 30.3 Å². The first-order valence-corrected chi connectivity index (χ1v) is 10.4. The number of anilines is 1. The molecular weight excluding hydrogens is 426 g/mol. The van der Waals surface area contributed by atoms with Crippen molar-refractivity contribution in [3.8, 4) is 11.4 Å². The molecule has 4 rings (SSSR count). The second kappa shape index (κ2) is 9.86. The summed E-state index contributed by atoms with van der Waals surface area (Å²) in [6.45, 7) is 1.73. The zero-order chi connectivity index (χ0) is 23.2. The van der Waals surface area contributed by atoms with E-state index < -0.39 is 11.9 Å². The van der Waals surface area contributed by atoms with Gasteiger partial charge >= 0.3 is 5.97 Å². The molecule has 0 atom stereocenters. The molecule has 2 amide bonds. The lowest BCUT2D eigenvalue weighted by atomic mass is 10.1. The summed E-state index contributed by atoms with van der Waals surface area (Å²) in [6.07, 6.45) is 0.506. The quantitative estimate of drug-likeness (QED) is 0.552. The summed E-state index contributed by atoms with van der Waals surface area (Å²) in [5.74, 6) is -0.531. The minimum absolute atomic E-state index is 0.170. The van der Waals surface area contributed by atoms with E-state index in [0.29, 0.717) is 29.2 Å². The average molecular weight is 447 g/mol. The number of ether oxygens (including phenoxy) is 1. The highest BCUT2D eigenvalue weighted by molar-refractivity contribution is 6.02. The van der Waals surface area contributed by atoms with Crippen molar-refractivity contribution in [3.05, 3.63) is 66.1 Å². The van der Waals surface area contributed by atoms with Gasteiger partial charge in [0, 0.05) is 24.1 Å². The van der Waals surface area contributed by atoms with Crippen LogP contribution in [0.5, 0.6) is 0 Å². The molecule has 1 aromatic heterocycles. The molecule has 1 aliphatic rings. The van der Waals surface area contributed by atoms with Crippen LogP contribution in [-0.4, -0.2) is 51.8 Å². The molecule has 0 radical (unpaired) electrons. The third-order valence-electron chi connectivity index (χ3n) is 4.78. The molecule has 1 aliphatic heterocycles. The molecular formula is C23H21N5O5. The molecule has 168 valence electrons. The number of hydrogen-bond acceptors (Lipinski definition) is 8. The molecule has 0 spiro atoms. The van der Waals surface area contributed by atoms with Gasteiger partial charge in [-0.25, -0.2) is 9.80 Å². The first-order chi connectivity index (χ1) is 16.0. The van der Waals surface area contributed by atoms with Crippen molar-refractivity contribution in [2.24, 2.45) is 5.10 Å². The first kappa shape index (κ1) is 21.9. The molecule has 33 heavy (non-hydrogen) atoms. The van der Waals surface area contributed by atoms with Gasteiger partial charge in [0.1, 0.15) is 12.3 Å². The van der Waals surface area contributed by atoms with Crippen molar-refractivity contribution >= 4 is 29.2 Å². The number of aromatic nitrogens is 2. The fourth-order valence-corrected chi connectivity index (χ4v) is 3.16. The van der Waals surface area contributed by atoms with E-state index in [1.165, 1.54) is 0 Å². The summed E-state index contributed by atoms with van der Waals surface area (Å²) >= 11 is 0. The fraction of sp³-hybridized carbons (Fsp3) is 0.217. The monoisotopic (exact) mass is 447 g/mol. The maximum Gasteiger partial charge on any atom is 0.338 e. The second-order valence-electron chi connectivity index (χ2n) is 7.13. The molecule has 2 heterocycles. The number of hydrogen-bond donors (Lipinski definition) is 1. The molecule has 2 aromatic carbocycles. The fourth-order valence-electron chi connectivity index (χ4n) is 3.16. The van der Waals surface area contributed by atoms with E-state index in [4.69, 9.17) is 9.26 Å². The van der Waals surface area contributed by atoms with Crippen LogP contribution in [0.4, 0.5) is 5.69 Å². The molecule has 0 aliphatic carbocycles. The van der Waals surface area contributed by atoms with E-state index in [0.717, 1.165) is 10.6 Å². The Morgan fingerprint density at radius 2 is 1.85 bits per heavy atom. The minimum atomic E-state index is -0.437. The predicted molar refractivity (Wildman–Crippen MR) is 118 cm³/mol. The van der Waals surface area contributed by atoms with E-state index in [2.05, 4.69) is 20.6 Å². The lowest BCUT2D eigenvalue weighted by Gasteiger charge is -2.21. The third-order valence-corrected chi connectivity index (χ3v) is 4.78. The molecule has 0 saturated heterocycles. The van der Waals surface area contributed by atoms with Gasteiger partial charge in [-0.1, -0.05) is 35.5 Å². The number of nitrogens with zero attached hydrogens (tertiary/aromatic N) is 4. The molecule has 10 heteroatoms. The van der Waals surface area contributed by atoms with Crippen molar-refractivity contribution in [1.82, 2.24) is 15.1 Å². The largest absolute Gasteiger partial charge is 0.462 e. The summed E-state index contributed by atoms with van der Waals surface area (Å²) in [5, 5.41) is 12.0. The van der Waals surface area contributed by atoms with Gasteiger partial charge in [-0.2, -0.15) is 10.1 Å². The Morgan fingerprint density at radius 3 is 2.58 bits per heavy atom. The molecule has 10 nitrogen and oxygen atoms in total. The standard InChI is InChI=1S/C23H21N5O5/c1-2-32-23(31)16-8-10-17(11-9-16)24-19(29)14-28-20(30)13-12-18(26-28)22-25-21(27-33-22)15-6-4-3-5-7-15/h3-11H,2,12-14H2,1H3,(H,24,29). The second-order valence-corrected chi connectivity index (χ2v) is 7.13. The van der Waals surface area contributed by atoms with Gasteiger partial charge in [0.2, 0.25) is 17.6 Å². The first-order valence-electron chi connectivity index (χ1n) is 10.4. The summed E-state index contributed by atoms with van der Waals surface area (Å²) in [5.41, 5.74) is 2.09. The van der Waals surface area contributed by atoms with Crippen LogP contribution in [0.2, 0.25) is 0 Å². The van der Waals surface area contributed by atoms with E-state index in [9.17, 15) is 14.4 Å².